The third-order valence-corrected chi connectivity index (χ3v) is 3.20. The maximum atomic E-state index is 13.6. The van der Waals surface area contributed by atoms with Crippen LogP contribution in [0.4, 0.5) is 4.39 Å². The number of carbonyl (C=O) groups excluding carboxylic acids is 1. The van der Waals surface area contributed by atoms with E-state index in [1.165, 1.54) is 6.07 Å². The summed E-state index contributed by atoms with van der Waals surface area (Å²) in [7, 11) is 6.18. The van der Waals surface area contributed by atoms with Gasteiger partial charge < -0.3 is 9.80 Å². The maximum Gasteiger partial charge on any atom is 0.224 e. The van der Waals surface area contributed by atoms with Crippen molar-refractivity contribution in [1.82, 2.24) is 5.32 Å². The molecule has 0 fully saturated rings. The number of nitrogens with one attached hydrogen (secondary N) is 1. The zero-order valence-corrected chi connectivity index (χ0v) is 12.6. The fraction of sp³-hybridized carbons (Fsp3) is 0.500. The summed E-state index contributed by atoms with van der Waals surface area (Å²) >= 11 is 5.68. The van der Waals surface area contributed by atoms with Gasteiger partial charge in [0.05, 0.1) is 45.7 Å². The molecule has 0 spiro atoms. The van der Waals surface area contributed by atoms with Gasteiger partial charge in [0.15, 0.2) is 0 Å². The van der Waals surface area contributed by atoms with Crippen molar-refractivity contribution in [1.29, 1.82) is 0 Å². The normalized spacial score (nSPS) is 11.5. The minimum atomic E-state index is -0.446. The molecule has 0 saturated carbocycles. The molecule has 0 aliphatic carbocycles. The molecule has 0 aliphatic heterocycles. The molecule has 0 saturated heterocycles. The van der Waals surface area contributed by atoms with Crippen LogP contribution in [0, 0.1) is 12.7 Å². The van der Waals surface area contributed by atoms with Crippen molar-refractivity contribution in [2.24, 2.45) is 0 Å². The van der Waals surface area contributed by atoms with Crippen LogP contribution in [0.5, 0.6) is 0 Å². The average Bonchev–Trinajstić information content (AvgIpc) is 2.28. The van der Waals surface area contributed by atoms with E-state index >= 15 is 0 Å². The van der Waals surface area contributed by atoms with Crippen molar-refractivity contribution in [3.63, 3.8) is 0 Å². The lowest BCUT2D eigenvalue weighted by molar-refractivity contribution is -0.869. The zero-order valence-electron chi connectivity index (χ0n) is 11.9. The lowest BCUT2D eigenvalue weighted by Gasteiger charge is -2.23. The zero-order chi connectivity index (χ0) is 14.6. The first-order valence-corrected chi connectivity index (χ1v) is 6.59. The van der Waals surface area contributed by atoms with Crippen LogP contribution < -0.4 is 5.32 Å². The third kappa shape index (κ3) is 5.17. The van der Waals surface area contributed by atoms with Gasteiger partial charge in [-0.15, -0.1) is 0 Å². The maximum absolute atomic E-state index is 13.6. The van der Waals surface area contributed by atoms with Crippen molar-refractivity contribution in [2.45, 2.75) is 13.3 Å². The Morgan fingerprint density at radius 2 is 2.00 bits per heavy atom. The van der Waals surface area contributed by atoms with Crippen LogP contribution in [0.25, 0.3) is 0 Å². The molecule has 1 aromatic carbocycles. The number of hydrogen-bond acceptors (Lipinski definition) is 1. The van der Waals surface area contributed by atoms with E-state index in [1.807, 2.05) is 0 Å². The number of halogens is 2. The lowest BCUT2D eigenvalue weighted by atomic mass is 10.0. The fourth-order valence-electron chi connectivity index (χ4n) is 1.65. The standard InChI is InChI=1S/C14H20ClFN2O/c1-10-11(5-6-12(15)14(10)16)9-13(19)17-7-8-18(2,3)4/h5-6H,7-9H2,1-4H3/p+1. The van der Waals surface area contributed by atoms with Gasteiger partial charge in [0.1, 0.15) is 5.82 Å². The molecule has 5 heteroatoms. The first kappa shape index (κ1) is 15.9. The van der Waals surface area contributed by atoms with E-state index in [-0.39, 0.29) is 17.4 Å². The quantitative estimate of drug-likeness (QED) is 0.826. The molecule has 0 radical (unpaired) electrons. The summed E-state index contributed by atoms with van der Waals surface area (Å²) < 4.78 is 14.4. The van der Waals surface area contributed by atoms with Gasteiger partial charge in [0.25, 0.3) is 0 Å². The second-order valence-electron chi connectivity index (χ2n) is 5.69. The van der Waals surface area contributed by atoms with Crippen LogP contribution in [0.3, 0.4) is 0 Å². The van der Waals surface area contributed by atoms with Gasteiger partial charge in [-0.25, -0.2) is 4.39 Å². The molecule has 0 bridgehead atoms. The second kappa shape index (κ2) is 6.35. The van der Waals surface area contributed by atoms with Gasteiger partial charge in [-0.2, -0.15) is 0 Å². The number of carbonyl (C=O) groups is 1. The molecule has 106 valence electrons. The molecule has 0 aromatic heterocycles. The Labute approximate surface area is 119 Å². The first-order valence-electron chi connectivity index (χ1n) is 6.21. The molecule has 0 atom stereocenters. The van der Waals surface area contributed by atoms with E-state index in [0.29, 0.717) is 17.7 Å². The molecular weight excluding hydrogens is 267 g/mol. The highest BCUT2D eigenvalue weighted by molar-refractivity contribution is 6.30. The predicted molar refractivity (Wildman–Crippen MR) is 75.8 cm³/mol. The number of hydrogen-bond donors (Lipinski definition) is 1. The minimum Gasteiger partial charge on any atom is -0.350 e. The van der Waals surface area contributed by atoms with Gasteiger partial charge in [-0.1, -0.05) is 17.7 Å². The van der Waals surface area contributed by atoms with Crippen LogP contribution in [0.15, 0.2) is 12.1 Å². The SMILES string of the molecule is Cc1c(CC(=O)NCC[N+](C)(C)C)ccc(Cl)c1F. The molecular formula is C14H21ClFN2O+. The molecule has 1 amide bonds. The van der Waals surface area contributed by atoms with Crippen molar-refractivity contribution < 1.29 is 13.7 Å². The van der Waals surface area contributed by atoms with Gasteiger partial charge in [0, 0.05) is 0 Å². The van der Waals surface area contributed by atoms with Crippen molar-refractivity contribution >= 4 is 17.5 Å². The van der Waals surface area contributed by atoms with E-state index in [9.17, 15) is 9.18 Å². The summed E-state index contributed by atoms with van der Waals surface area (Å²) in [6, 6.07) is 3.18. The number of benzene rings is 1. The van der Waals surface area contributed by atoms with Gasteiger partial charge in [-0.05, 0) is 24.1 Å². The van der Waals surface area contributed by atoms with Crippen LogP contribution >= 0.6 is 11.6 Å². The average molecular weight is 288 g/mol. The van der Waals surface area contributed by atoms with E-state index in [4.69, 9.17) is 11.6 Å². The topological polar surface area (TPSA) is 29.1 Å². The minimum absolute atomic E-state index is 0.0895. The summed E-state index contributed by atoms with van der Waals surface area (Å²) in [5, 5.41) is 2.93. The summed E-state index contributed by atoms with van der Waals surface area (Å²) in [6.07, 6.45) is 0.178. The molecule has 0 aliphatic rings. The Morgan fingerprint density at radius 1 is 1.37 bits per heavy atom. The molecule has 19 heavy (non-hydrogen) atoms. The van der Waals surface area contributed by atoms with Crippen molar-refractivity contribution in [3.05, 3.63) is 34.1 Å². The molecule has 1 aromatic rings. The van der Waals surface area contributed by atoms with E-state index in [2.05, 4.69) is 26.5 Å². The van der Waals surface area contributed by atoms with Crippen LogP contribution in [0.2, 0.25) is 5.02 Å². The highest BCUT2D eigenvalue weighted by Crippen LogP contribution is 2.21. The Balaban J connectivity index is 2.56. The van der Waals surface area contributed by atoms with E-state index in [0.717, 1.165) is 11.0 Å². The highest BCUT2D eigenvalue weighted by Gasteiger charge is 2.12. The molecule has 1 N–H and O–H groups in total. The summed E-state index contributed by atoms with van der Waals surface area (Å²) in [5.41, 5.74) is 1.11. The fourth-order valence-corrected chi connectivity index (χ4v) is 1.85. The summed E-state index contributed by atoms with van der Waals surface area (Å²) in [6.45, 7) is 3.09. The summed E-state index contributed by atoms with van der Waals surface area (Å²) in [5.74, 6) is -0.545. The van der Waals surface area contributed by atoms with Gasteiger partial charge in [-0.3, -0.25) is 4.79 Å². The number of amides is 1. The Kier molecular flexibility index (Phi) is 5.32. The highest BCUT2D eigenvalue weighted by atomic mass is 35.5. The Hall–Kier alpha value is -1.13. The smallest absolute Gasteiger partial charge is 0.224 e. The van der Waals surface area contributed by atoms with Crippen LogP contribution in [-0.4, -0.2) is 44.6 Å². The largest absolute Gasteiger partial charge is 0.350 e. The summed E-state index contributed by atoms with van der Waals surface area (Å²) in [4.78, 5) is 11.8. The van der Waals surface area contributed by atoms with Gasteiger partial charge >= 0.3 is 0 Å². The van der Waals surface area contributed by atoms with Crippen molar-refractivity contribution in [2.75, 3.05) is 34.2 Å². The molecule has 1 rings (SSSR count). The van der Waals surface area contributed by atoms with Crippen LogP contribution in [-0.2, 0) is 11.2 Å². The number of likely N-dealkylation sites (N-methyl/N-ethyl adjacent to an activating group) is 1. The predicted octanol–water partition coefficient (Wildman–Crippen LogP) is 2.15. The second-order valence-corrected chi connectivity index (χ2v) is 6.09. The monoisotopic (exact) mass is 287 g/mol. The Morgan fingerprint density at radius 3 is 2.58 bits per heavy atom. The lowest BCUT2D eigenvalue weighted by Crippen LogP contribution is -2.42. The molecule has 0 heterocycles. The Bertz CT molecular complexity index is 469. The molecule has 0 unspecified atom stereocenters. The molecule has 3 nitrogen and oxygen atoms in total. The first-order chi connectivity index (χ1) is 8.70. The van der Waals surface area contributed by atoms with E-state index < -0.39 is 5.82 Å². The number of rotatable bonds is 5. The number of nitrogens with zero attached hydrogens (tertiary/aromatic N) is 1. The van der Waals surface area contributed by atoms with Gasteiger partial charge in [0.2, 0.25) is 5.91 Å². The van der Waals surface area contributed by atoms with E-state index in [1.54, 1.807) is 13.0 Å². The van der Waals surface area contributed by atoms with Crippen molar-refractivity contribution in [3.8, 4) is 0 Å². The van der Waals surface area contributed by atoms with Crippen LogP contribution in [0.1, 0.15) is 11.1 Å². The third-order valence-electron chi connectivity index (χ3n) is 2.91. The number of quaternary nitrogens is 1.